The maximum atomic E-state index is 12.0. The van der Waals surface area contributed by atoms with Crippen LogP contribution < -0.4 is 10.5 Å². The summed E-state index contributed by atoms with van der Waals surface area (Å²) in [5.74, 6) is -0.575. The number of alkyl halides is 3. The number of aromatic nitrogens is 1. The fraction of sp³-hybridized carbons (Fsp3) is 0.250. The third-order valence-corrected chi connectivity index (χ3v) is 1.57. The lowest BCUT2D eigenvalue weighted by Gasteiger charge is -2.13. The van der Waals surface area contributed by atoms with Crippen molar-refractivity contribution in [1.82, 2.24) is 4.98 Å². The number of nitrogens with zero attached hydrogens (tertiary/aromatic N) is 2. The predicted octanol–water partition coefficient (Wildman–Crippen LogP) is 1.74. The lowest BCUT2D eigenvalue weighted by Crippen LogP contribution is -2.19. The highest BCUT2D eigenvalue weighted by atomic mass is 19.4. The Kier molecular flexibility index (Phi) is 2.70. The summed E-state index contributed by atoms with van der Waals surface area (Å²) in [5, 5.41) is 8.50. The minimum Gasteiger partial charge on any atom is -0.403 e. The van der Waals surface area contributed by atoms with Crippen LogP contribution in [-0.2, 0) is 0 Å². The van der Waals surface area contributed by atoms with Crippen LogP contribution in [0.4, 0.5) is 18.9 Å². The number of anilines is 1. The molecule has 2 N–H and O–H groups in total. The van der Waals surface area contributed by atoms with E-state index in [0.29, 0.717) is 0 Å². The average molecular weight is 217 g/mol. The molecule has 0 saturated heterocycles. The highest BCUT2D eigenvalue weighted by Crippen LogP contribution is 2.32. The van der Waals surface area contributed by atoms with Gasteiger partial charge in [0.05, 0.1) is 0 Å². The van der Waals surface area contributed by atoms with Gasteiger partial charge < -0.3 is 10.5 Å². The number of nitrogens with two attached hydrogens (primary N) is 1. The van der Waals surface area contributed by atoms with Gasteiger partial charge in [0.2, 0.25) is 0 Å². The molecule has 0 aliphatic rings. The first-order valence-corrected chi connectivity index (χ1v) is 3.76. The van der Waals surface area contributed by atoms with E-state index in [0.717, 1.165) is 6.20 Å². The summed E-state index contributed by atoms with van der Waals surface area (Å²) >= 11 is 0. The third-order valence-electron chi connectivity index (χ3n) is 1.57. The molecule has 0 aliphatic carbocycles. The standard InChI is InChI=1S/C8H6F3N3O/c1-4-3-14-5(2-12)6(13)7(4)15-8(9,10)11/h3H,13H2,1H3. The highest BCUT2D eigenvalue weighted by molar-refractivity contribution is 5.62. The van der Waals surface area contributed by atoms with Crippen LogP contribution in [0.2, 0.25) is 0 Å². The van der Waals surface area contributed by atoms with Crippen LogP contribution in [0.1, 0.15) is 11.3 Å². The van der Waals surface area contributed by atoms with Gasteiger partial charge in [-0.2, -0.15) is 5.26 Å². The fourth-order valence-electron chi connectivity index (χ4n) is 0.950. The molecule has 0 spiro atoms. The Balaban J connectivity index is 3.23. The topological polar surface area (TPSA) is 71.9 Å². The molecule has 0 saturated carbocycles. The van der Waals surface area contributed by atoms with Crippen molar-refractivity contribution < 1.29 is 17.9 Å². The van der Waals surface area contributed by atoms with E-state index in [-0.39, 0.29) is 11.3 Å². The van der Waals surface area contributed by atoms with Crippen molar-refractivity contribution in [3.63, 3.8) is 0 Å². The van der Waals surface area contributed by atoms with Gasteiger partial charge in [-0.25, -0.2) is 4.98 Å². The van der Waals surface area contributed by atoms with Gasteiger partial charge in [-0.3, -0.25) is 0 Å². The molecule has 1 heterocycles. The number of pyridine rings is 1. The van der Waals surface area contributed by atoms with Gasteiger partial charge in [-0.05, 0) is 6.92 Å². The molecule has 0 unspecified atom stereocenters. The second-order valence-corrected chi connectivity index (χ2v) is 2.69. The van der Waals surface area contributed by atoms with Crippen molar-refractivity contribution in [3.05, 3.63) is 17.5 Å². The Morgan fingerprint density at radius 1 is 1.53 bits per heavy atom. The molecule has 1 rings (SSSR count). The summed E-state index contributed by atoms with van der Waals surface area (Å²) < 4.78 is 39.6. The number of nitriles is 1. The van der Waals surface area contributed by atoms with Gasteiger partial charge in [0.25, 0.3) is 0 Å². The predicted molar refractivity (Wildman–Crippen MR) is 44.8 cm³/mol. The van der Waals surface area contributed by atoms with Crippen LogP contribution in [0.5, 0.6) is 5.75 Å². The van der Waals surface area contributed by atoms with E-state index in [9.17, 15) is 13.2 Å². The summed E-state index contributed by atoms with van der Waals surface area (Å²) in [6, 6.07) is 1.57. The number of halogens is 3. The van der Waals surface area contributed by atoms with Gasteiger partial charge in [-0.15, -0.1) is 13.2 Å². The van der Waals surface area contributed by atoms with Crippen LogP contribution >= 0.6 is 0 Å². The molecule has 80 valence electrons. The first kappa shape index (κ1) is 11.1. The van der Waals surface area contributed by atoms with Crippen molar-refractivity contribution >= 4 is 5.69 Å². The third kappa shape index (κ3) is 2.49. The monoisotopic (exact) mass is 217 g/mol. The molecule has 0 amide bonds. The SMILES string of the molecule is Cc1cnc(C#N)c(N)c1OC(F)(F)F. The maximum Gasteiger partial charge on any atom is 0.573 e. The summed E-state index contributed by atoms with van der Waals surface area (Å²) in [7, 11) is 0. The largest absolute Gasteiger partial charge is 0.573 e. The Labute approximate surface area is 83.1 Å². The zero-order valence-corrected chi connectivity index (χ0v) is 7.59. The van der Waals surface area contributed by atoms with E-state index in [1.165, 1.54) is 6.92 Å². The Morgan fingerprint density at radius 3 is 2.60 bits per heavy atom. The van der Waals surface area contributed by atoms with Gasteiger partial charge in [0, 0.05) is 11.8 Å². The van der Waals surface area contributed by atoms with E-state index in [1.807, 2.05) is 0 Å². The van der Waals surface area contributed by atoms with Gasteiger partial charge in [0.15, 0.2) is 11.4 Å². The second-order valence-electron chi connectivity index (χ2n) is 2.69. The first-order valence-electron chi connectivity index (χ1n) is 3.76. The molecule has 0 aliphatic heterocycles. The number of hydrogen-bond acceptors (Lipinski definition) is 4. The minimum absolute atomic E-state index is 0.115. The first-order chi connectivity index (χ1) is 6.85. The lowest BCUT2D eigenvalue weighted by molar-refractivity contribution is -0.274. The highest BCUT2D eigenvalue weighted by Gasteiger charge is 2.33. The molecule has 7 heteroatoms. The molecule has 0 radical (unpaired) electrons. The number of aryl methyl sites for hydroxylation is 1. The van der Waals surface area contributed by atoms with E-state index >= 15 is 0 Å². The Bertz CT molecular complexity index is 422. The van der Waals surface area contributed by atoms with E-state index in [2.05, 4.69) is 9.72 Å². The Hall–Kier alpha value is -1.97. The maximum absolute atomic E-state index is 12.0. The fourth-order valence-corrected chi connectivity index (χ4v) is 0.950. The molecular weight excluding hydrogens is 211 g/mol. The smallest absolute Gasteiger partial charge is 0.403 e. The van der Waals surface area contributed by atoms with Crippen molar-refractivity contribution in [1.29, 1.82) is 5.26 Å². The summed E-state index contributed by atoms with van der Waals surface area (Å²) in [6.07, 6.45) is -3.75. The van der Waals surface area contributed by atoms with Gasteiger partial charge in [0.1, 0.15) is 11.8 Å². The second kappa shape index (κ2) is 3.65. The van der Waals surface area contributed by atoms with Crippen molar-refractivity contribution in [2.75, 3.05) is 5.73 Å². The van der Waals surface area contributed by atoms with Gasteiger partial charge in [-0.1, -0.05) is 0 Å². The number of hydrogen-bond donors (Lipinski definition) is 1. The quantitative estimate of drug-likeness (QED) is 0.777. The summed E-state index contributed by atoms with van der Waals surface area (Å²) in [5.41, 5.74) is 4.71. The average Bonchev–Trinajstić information content (AvgIpc) is 2.11. The van der Waals surface area contributed by atoms with Crippen molar-refractivity contribution in [3.8, 4) is 11.8 Å². The zero-order chi connectivity index (χ0) is 11.6. The number of nitrogen functional groups attached to an aromatic ring is 1. The van der Waals surface area contributed by atoms with Crippen LogP contribution in [0.3, 0.4) is 0 Å². The molecule has 0 fully saturated rings. The number of rotatable bonds is 1. The van der Waals surface area contributed by atoms with E-state index in [1.54, 1.807) is 6.07 Å². The minimum atomic E-state index is -4.84. The molecular formula is C8H6F3N3O. The summed E-state index contributed by atoms with van der Waals surface area (Å²) in [6.45, 7) is 1.35. The van der Waals surface area contributed by atoms with Crippen LogP contribution in [0.15, 0.2) is 6.20 Å². The molecule has 15 heavy (non-hydrogen) atoms. The van der Waals surface area contributed by atoms with Crippen molar-refractivity contribution in [2.45, 2.75) is 13.3 Å². The van der Waals surface area contributed by atoms with Gasteiger partial charge >= 0.3 is 6.36 Å². The summed E-state index contributed by atoms with van der Waals surface area (Å²) in [4.78, 5) is 3.55. The molecule has 1 aromatic heterocycles. The van der Waals surface area contributed by atoms with Crippen LogP contribution in [0, 0.1) is 18.3 Å². The van der Waals surface area contributed by atoms with Crippen molar-refractivity contribution in [2.24, 2.45) is 0 Å². The van der Waals surface area contributed by atoms with Crippen LogP contribution in [-0.4, -0.2) is 11.3 Å². The normalized spacial score (nSPS) is 10.9. The zero-order valence-electron chi connectivity index (χ0n) is 7.59. The molecule has 0 aromatic carbocycles. The molecule has 4 nitrogen and oxygen atoms in total. The van der Waals surface area contributed by atoms with E-state index in [4.69, 9.17) is 11.0 Å². The van der Waals surface area contributed by atoms with E-state index < -0.39 is 17.8 Å². The lowest BCUT2D eigenvalue weighted by atomic mass is 10.2. The molecule has 1 aromatic rings. The molecule has 0 bridgehead atoms. The number of ether oxygens (including phenoxy) is 1. The Morgan fingerprint density at radius 2 is 2.13 bits per heavy atom. The van der Waals surface area contributed by atoms with Crippen LogP contribution in [0.25, 0.3) is 0 Å². The molecule has 0 atom stereocenters.